The molecule has 0 saturated carbocycles. The summed E-state index contributed by atoms with van der Waals surface area (Å²) in [7, 11) is -9.90. The number of aliphatic hydroxyl groups is 1. The maximum Gasteiger partial charge on any atom is 0.472 e. The van der Waals surface area contributed by atoms with Gasteiger partial charge < -0.3 is 33.8 Å². The monoisotopic (exact) mass is 1340 g/mol. The quantitative estimate of drug-likeness (QED) is 0.0222. The Balaban J connectivity index is 5.21. The molecule has 0 heterocycles. The van der Waals surface area contributed by atoms with E-state index in [2.05, 4.69) is 48.5 Å². The minimum atomic E-state index is -4.95. The van der Waals surface area contributed by atoms with E-state index in [4.69, 9.17) is 37.0 Å². The summed E-state index contributed by atoms with van der Waals surface area (Å²) in [6, 6.07) is 0. The molecule has 0 rings (SSSR count). The number of unbranched alkanes of at least 4 members (excludes halogenated alkanes) is 37. The third-order valence-corrected chi connectivity index (χ3v) is 18.9. The summed E-state index contributed by atoms with van der Waals surface area (Å²) in [5, 5.41) is 10.6. The van der Waals surface area contributed by atoms with Crippen molar-refractivity contribution >= 4 is 39.5 Å². The second kappa shape index (κ2) is 62.8. The van der Waals surface area contributed by atoms with Crippen molar-refractivity contribution in [2.45, 2.75) is 381 Å². The van der Waals surface area contributed by atoms with Gasteiger partial charge in [0.25, 0.3) is 0 Å². The Hall–Kier alpha value is -1.94. The summed E-state index contributed by atoms with van der Waals surface area (Å²) in [5.41, 5.74) is 0. The third-order valence-electron chi connectivity index (χ3n) is 17.0. The molecule has 0 radical (unpaired) electrons. The Kier molecular flexibility index (Phi) is 61.5. The first-order valence-electron chi connectivity index (χ1n) is 37.4. The summed E-state index contributed by atoms with van der Waals surface area (Å²) in [6.45, 7) is 11.8. The van der Waals surface area contributed by atoms with Crippen LogP contribution in [0.4, 0.5) is 0 Å². The maximum absolute atomic E-state index is 13.0. The van der Waals surface area contributed by atoms with Gasteiger partial charge in [-0.2, -0.15) is 0 Å². The van der Waals surface area contributed by atoms with Gasteiger partial charge in [0, 0.05) is 25.7 Å². The average molecular weight is 1340 g/mol. The van der Waals surface area contributed by atoms with Crippen molar-refractivity contribution in [3.63, 3.8) is 0 Å². The average Bonchev–Trinajstić information content (AvgIpc) is 3.60. The number of esters is 4. The second-order valence-electron chi connectivity index (χ2n) is 27.2. The van der Waals surface area contributed by atoms with Gasteiger partial charge in [0.05, 0.1) is 26.4 Å². The van der Waals surface area contributed by atoms with E-state index < -0.39 is 97.5 Å². The van der Waals surface area contributed by atoms with Gasteiger partial charge in [-0.3, -0.25) is 37.3 Å². The molecule has 91 heavy (non-hydrogen) atoms. The zero-order valence-electron chi connectivity index (χ0n) is 59.3. The summed E-state index contributed by atoms with van der Waals surface area (Å²) in [6.07, 6.45) is 47.3. The number of aliphatic hydroxyl groups excluding tert-OH is 1. The van der Waals surface area contributed by atoms with Crippen LogP contribution < -0.4 is 0 Å². The second-order valence-corrected chi connectivity index (χ2v) is 30.1. The lowest BCUT2D eigenvalue weighted by Gasteiger charge is -2.21. The minimum absolute atomic E-state index is 0.103. The Labute approximate surface area is 556 Å². The summed E-state index contributed by atoms with van der Waals surface area (Å²) >= 11 is 0. The van der Waals surface area contributed by atoms with E-state index >= 15 is 0 Å². The number of hydrogen-bond donors (Lipinski definition) is 3. The molecule has 0 aliphatic heterocycles. The van der Waals surface area contributed by atoms with E-state index in [1.165, 1.54) is 173 Å². The van der Waals surface area contributed by atoms with Crippen LogP contribution in [0.3, 0.4) is 0 Å². The van der Waals surface area contributed by atoms with Crippen molar-refractivity contribution in [3.8, 4) is 0 Å². The van der Waals surface area contributed by atoms with Gasteiger partial charge >= 0.3 is 39.5 Å². The highest BCUT2D eigenvalue weighted by molar-refractivity contribution is 7.47. The molecule has 19 heteroatoms. The molecule has 0 spiro atoms. The first-order valence-corrected chi connectivity index (χ1v) is 40.4. The molecule has 0 bridgehead atoms. The number of phosphoric ester groups is 2. The molecule has 0 saturated heterocycles. The molecule has 540 valence electrons. The van der Waals surface area contributed by atoms with Gasteiger partial charge in [-0.15, -0.1) is 0 Å². The van der Waals surface area contributed by atoms with Gasteiger partial charge in [0.2, 0.25) is 0 Å². The van der Waals surface area contributed by atoms with Crippen molar-refractivity contribution in [2.24, 2.45) is 17.8 Å². The number of carbonyl (C=O) groups is 4. The summed E-state index contributed by atoms with van der Waals surface area (Å²) < 4.78 is 68.3. The minimum Gasteiger partial charge on any atom is -0.462 e. The number of phosphoric acid groups is 2. The van der Waals surface area contributed by atoms with Crippen LogP contribution in [-0.2, 0) is 65.4 Å². The highest BCUT2D eigenvalue weighted by Gasteiger charge is 2.30. The van der Waals surface area contributed by atoms with E-state index in [9.17, 15) is 43.2 Å². The van der Waals surface area contributed by atoms with Gasteiger partial charge in [0.1, 0.15) is 19.3 Å². The first kappa shape index (κ1) is 89.1. The lowest BCUT2D eigenvalue weighted by atomic mass is 9.99. The molecule has 0 aromatic carbocycles. The van der Waals surface area contributed by atoms with Gasteiger partial charge in [-0.1, -0.05) is 312 Å². The number of ether oxygens (including phenoxy) is 4. The van der Waals surface area contributed by atoms with Crippen molar-refractivity contribution in [1.82, 2.24) is 0 Å². The Morgan fingerprint density at radius 2 is 0.560 bits per heavy atom. The summed E-state index contributed by atoms with van der Waals surface area (Å²) in [4.78, 5) is 72.6. The topological polar surface area (TPSA) is 237 Å². The molecule has 0 fully saturated rings. The predicted molar refractivity (Wildman–Crippen MR) is 368 cm³/mol. The Morgan fingerprint density at radius 1 is 0.319 bits per heavy atom. The van der Waals surface area contributed by atoms with Crippen LogP contribution in [0.1, 0.15) is 363 Å². The normalized spacial score (nSPS) is 14.5. The SMILES string of the molecule is CCCCCCCCCCCCC(=O)OC[C@H](COP(=O)(O)OC[C@H](O)COP(=O)(O)OC[C@@H](COC(=O)CCCCCCCCCCC(C)CC)OC(=O)CCCCCCCCCCCCCCCCCCC(C)C)OC(=O)CCCCCCCCCC(C)C. The highest BCUT2D eigenvalue weighted by Crippen LogP contribution is 2.45. The van der Waals surface area contributed by atoms with Crippen molar-refractivity contribution in [3.05, 3.63) is 0 Å². The fourth-order valence-electron chi connectivity index (χ4n) is 10.9. The fourth-order valence-corrected chi connectivity index (χ4v) is 12.4. The van der Waals surface area contributed by atoms with Crippen LogP contribution in [0, 0.1) is 17.8 Å². The highest BCUT2D eigenvalue weighted by atomic mass is 31.2. The van der Waals surface area contributed by atoms with Crippen LogP contribution in [-0.4, -0.2) is 96.7 Å². The van der Waals surface area contributed by atoms with Crippen molar-refractivity contribution in [1.29, 1.82) is 0 Å². The molecule has 0 aromatic heterocycles. The lowest BCUT2D eigenvalue weighted by Crippen LogP contribution is -2.30. The largest absolute Gasteiger partial charge is 0.472 e. The molecule has 3 unspecified atom stereocenters. The van der Waals surface area contributed by atoms with Gasteiger partial charge in [0.15, 0.2) is 12.2 Å². The fraction of sp³-hybridized carbons (Fsp3) is 0.944. The zero-order chi connectivity index (χ0) is 67.3. The van der Waals surface area contributed by atoms with Crippen LogP contribution >= 0.6 is 15.6 Å². The number of rotatable bonds is 70. The van der Waals surface area contributed by atoms with Crippen molar-refractivity contribution in [2.75, 3.05) is 39.6 Å². The standard InChI is InChI=1S/C72H140O17P2/c1-8-10-11-12-13-14-24-32-39-46-53-69(74)82-60-68(89-72(77)56-49-42-35-28-30-37-44-51-64(5)6)62-87-91(80,81)85-58-66(73)57-84-90(78,79)86-61-67(59-83-70(75)54-47-40-33-27-26-31-38-45-52-65(7)9-2)88-71(76)55-48-41-34-25-22-20-18-16-15-17-19-21-23-29-36-43-50-63(3)4/h63-68,73H,8-62H2,1-7H3,(H,78,79)(H,80,81)/t65?,66-,67-,68-/m1/s1. The number of hydrogen-bond acceptors (Lipinski definition) is 15. The molecule has 0 aromatic rings. The van der Waals surface area contributed by atoms with Gasteiger partial charge in [-0.25, -0.2) is 9.13 Å². The van der Waals surface area contributed by atoms with Crippen molar-refractivity contribution < 1.29 is 80.2 Å². The van der Waals surface area contributed by atoms with Crippen LogP contribution in [0.25, 0.3) is 0 Å². The van der Waals surface area contributed by atoms with Crippen LogP contribution in [0.5, 0.6) is 0 Å². The van der Waals surface area contributed by atoms with Crippen LogP contribution in [0.15, 0.2) is 0 Å². The molecule has 6 atom stereocenters. The molecular formula is C72H140O17P2. The zero-order valence-corrected chi connectivity index (χ0v) is 61.1. The van der Waals surface area contributed by atoms with Crippen LogP contribution in [0.2, 0.25) is 0 Å². The maximum atomic E-state index is 13.0. The molecule has 0 aliphatic carbocycles. The van der Waals surface area contributed by atoms with Gasteiger partial charge in [-0.05, 0) is 43.4 Å². The molecule has 17 nitrogen and oxygen atoms in total. The van der Waals surface area contributed by atoms with E-state index in [0.717, 1.165) is 102 Å². The lowest BCUT2D eigenvalue weighted by molar-refractivity contribution is -0.161. The van der Waals surface area contributed by atoms with E-state index in [0.29, 0.717) is 31.6 Å². The Morgan fingerprint density at radius 3 is 0.835 bits per heavy atom. The Bertz CT molecular complexity index is 1790. The number of carbonyl (C=O) groups excluding carboxylic acids is 4. The molecule has 0 amide bonds. The summed E-state index contributed by atoms with van der Waals surface area (Å²) in [5.74, 6) is 0.156. The molecule has 0 aliphatic rings. The van der Waals surface area contributed by atoms with E-state index in [-0.39, 0.29) is 25.7 Å². The smallest absolute Gasteiger partial charge is 0.462 e. The predicted octanol–water partition coefficient (Wildman–Crippen LogP) is 20.6. The molecule has 3 N–H and O–H groups in total. The van der Waals surface area contributed by atoms with E-state index in [1.807, 2.05) is 0 Å². The first-order chi connectivity index (χ1) is 43.8. The molecular weight excluding hydrogens is 1200 g/mol. The van der Waals surface area contributed by atoms with E-state index in [1.54, 1.807) is 0 Å². The third kappa shape index (κ3) is 65.1.